The summed E-state index contributed by atoms with van der Waals surface area (Å²) in [6.07, 6.45) is 2.77. The van der Waals surface area contributed by atoms with Crippen LogP contribution < -0.4 is 0 Å². The molecule has 0 radical (unpaired) electrons. The van der Waals surface area contributed by atoms with Gasteiger partial charge in [0.1, 0.15) is 0 Å². The Morgan fingerprint density at radius 3 is 2.58 bits per heavy atom. The van der Waals surface area contributed by atoms with Gasteiger partial charge in [-0.05, 0) is 0 Å². The molecule has 0 aliphatic heterocycles. The van der Waals surface area contributed by atoms with Crippen molar-refractivity contribution in [3.05, 3.63) is 48.2 Å². The summed E-state index contributed by atoms with van der Waals surface area (Å²) < 4.78 is 4.63. The molecule has 12 heavy (non-hydrogen) atoms. The second-order valence-electron chi connectivity index (χ2n) is 2.27. The Balaban J connectivity index is 2.72. The normalized spacial score (nSPS) is 10.1. The Bertz CT molecular complexity index is 275. The fraction of sp³-hybridized carbons (Fsp3) is 0.100. The molecule has 0 saturated heterocycles. The summed E-state index contributed by atoms with van der Waals surface area (Å²) in [5.74, 6) is -0.0440. The highest BCUT2D eigenvalue weighted by molar-refractivity contribution is 6.04. The molecule has 1 aromatic rings. The lowest BCUT2D eigenvalue weighted by Gasteiger charge is -1.92. The Labute approximate surface area is 71.5 Å². The van der Waals surface area contributed by atoms with E-state index < -0.39 is 0 Å². The highest BCUT2D eigenvalue weighted by Crippen LogP contribution is 2.00. The molecule has 62 valence electrons. The van der Waals surface area contributed by atoms with Gasteiger partial charge in [-0.2, -0.15) is 0 Å². The molecule has 0 saturated carbocycles. The number of methoxy groups -OCH3 is 1. The van der Waals surface area contributed by atoms with Crippen LogP contribution in [0.2, 0.25) is 0 Å². The van der Waals surface area contributed by atoms with Gasteiger partial charge in [0.05, 0.1) is 13.4 Å². The van der Waals surface area contributed by atoms with Gasteiger partial charge in [-0.3, -0.25) is 4.79 Å². The molecule has 0 heterocycles. The zero-order valence-electron chi connectivity index (χ0n) is 6.86. The van der Waals surface area contributed by atoms with E-state index in [4.69, 9.17) is 0 Å². The van der Waals surface area contributed by atoms with E-state index in [-0.39, 0.29) is 5.78 Å². The number of hydrogen-bond donors (Lipinski definition) is 0. The number of benzene rings is 1. The fourth-order valence-electron chi connectivity index (χ4n) is 0.828. The van der Waals surface area contributed by atoms with Gasteiger partial charge in [0, 0.05) is 11.6 Å². The Morgan fingerprint density at radius 1 is 1.33 bits per heavy atom. The Morgan fingerprint density at radius 2 is 2.00 bits per heavy atom. The second kappa shape index (κ2) is 4.34. The molecule has 0 aliphatic carbocycles. The maximum Gasteiger partial charge on any atom is 0.188 e. The zero-order chi connectivity index (χ0) is 8.81. The molecule has 2 heteroatoms. The number of hydrogen-bond acceptors (Lipinski definition) is 2. The number of carbonyl (C=O) groups excluding carboxylic acids is 1. The summed E-state index contributed by atoms with van der Waals surface area (Å²) in [6.45, 7) is 0. The van der Waals surface area contributed by atoms with Crippen LogP contribution in [-0.4, -0.2) is 12.9 Å². The number of carbonyl (C=O) groups is 1. The lowest BCUT2D eigenvalue weighted by molar-refractivity contribution is 0.104. The molecule has 2 nitrogen and oxygen atoms in total. The maximum atomic E-state index is 11.2. The smallest absolute Gasteiger partial charge is 0.188 e. The molecule has 0 atom stereocenters. The van der Waals surface area contributed by atoms with E-state index in [0.29, 0.717) is 5.56 Å². The lowest BCUT2D eigenvalue weighted by Crippen LogP contribution is -1.92. The van der Waals surface area contributed by atoms with Crippen LogP contribution in [0.1, 0.15) is 10.4 Å². The summed E-state index contributed by atoms with van der Waals surface area (Å²) >= 11 is 0. The maximum absolute atomic E-state index is 11.2. The van der Waals surface area contributed by atoms with E-state index in [1.165, 1.54) is 19.4 Å². The molecule has 1 rings (SSSR count). The van der Waals surface area contributed by atoms with E-state index in [9.17, 15) is 4.79 Å². The van der Waals surface area contributed by atoms with Crippen LogP contribution in [0.25, 0.3) is 0 Å². The first-order valence-electron chi connectivity index (χ1n) is 3.63. The molecule has 1 aromatic carbocycles. The van der Waals surface area contributed by atoms with E-state index in [2.05, 4.69) is 4.74 Å². The highest BCUT2D eigenvalue weighted by Gasteiger charge is 1.97. The Hall–Kier alpha value is -1.57. The van der Waals surface area contributed by atoms with Gasteiger partial charge in [0.15, 0.2) is 5.78 Å². The third-order valence-electron chi connectivity index (χ3n) is 1.41. The minimum absolute atomic E-state index is 0.0440. The molecule has 0 aliphatic rings. The average Bonchev–Trinajstić information content (AvgIpc) is 2.15. The summed E-state index contributed by atoms with van der Waals surface area (Å²) in [6, 6.07) is 9.06. The molecule has 0 N–H and O–H groups in total. The van der Waals surface area contributed by atoms with Crippen LogP contribution in [0.4, 0.5) is 0 Å². The van der Waals surface area contributed by atoms with E-state index in [1.807, 2.05) is 18.2 Å². The SMILES string of the molecule is CO/C=C\C(=O)c1ccccc1. The van der Waals surface area contributed by atoms with E-state index in [0.717, 1.165) is 0 Å². The van der Waals surface area contributed by atoms with Gasteiger partial charge < -0.3 is 4.74 Å². The van der Waals surface area contributed by atoms with Crippen molar-refractivity contribution in [1.29, 1.82) is 0 Å². The van der Waals surface area contributed by atoms with Gasteiger partial charge in [0.25, 0.3) is 0 Å². The molecule has 0 spiro atoms. The first-order valence-corrected chi connectivity index (χ1v) is 3.63. The minimum atomic E-state index is -0.0440. The highest BCUT2D eigenvalue weighted by atomic mass is 16.5. The third kappa shape index (κ3) is 2.23. The largest absolute Gasteiger partial charge is 0.504 e. The first-order chi connectivity index (χ1) is 5.84. The van der Waals surface area contributed by atoms with Crippen LogP contribution in [0.5, 0.6) is 0 Å². The van der Waals surface area contributed by atoms with Gasteiger partial charge in [-0.15, -0.1) is 0 Å². The monoisotopic (exact) mass is 162 g/mol. The Kier molecular flexibility index (Phi) is 3.08. The van der Waals surface area contributed by atoms with E-state index in [1.54, 1.807) is 12.1 Å². The second-order valence-corrected chi connectivity index (χ2v) is 2.27. The van der Waals surface area contributed by atoms with Gasteiger partial charge in [-0.1, -0.05) is 30.3 Å². The van der Waals surface area contributed by atoms with Gasteiger partial charge in [0.2, 0.25) is 0 Å². The van der Waals surface area contributed by atoms with Crippen molar-refractivity contribution in [3.63, 3.8) is 0 Å². The van der Waals surface area contributed by atoms with Crippen LogP contribution in [0, 0.1) is 0 Å². The van der Waals surface area contributed by atoms with Crippen molar-refractivity contribution in [3.8, 4) is 0 Å². The number of rotatable bonds is 3. The standard InChI is InChI=1S/C10H10O2/c1-12-8-7-10(11)9-5-3-2-4-6-9/h2-8H,1H3/b8-7-. The molecule has 0 unspecified atom stereocenters. The summed E-state index contributed by atoms with van der Waals surface area (Å²) in [7, 11) is 1.51. The summed E-state index contributed by atoms with van der Waals surface area (Å²) in [5.41, 5.74) is 0.672. The summed E-state index contributed by atoms with van der Waals surface area (Å²) in [4.78, 5) is 11.2. The molecular formula is C10H10O2. The molecule has 0 fully saturated rings. The van der Waals surface area contributed by atoms with Gasteiger partial charge >= 0.3 is 0 Å². The van der Waals surface area contributed by atoms with Crippen LogP contribution in [0.15, 0.2) is 42.7 Å². The van der Waals surface area contributed by atoms with Crippen molar-refractivity contribution in [2.75, 3.05) is 7.11 Å². The average molecular weight is 162 g/mol. The lowest BCUT2D eigenvalue weighted by atomic mass is 10.1. The predicted molar refractivity (Wildman–Crippen MR) is 46.9 cm³/mol. The number of allylic oxidation sites excluding steroid dienone is 1. The van der Waals surface area contributed by atoms with Crippen LogP contribution >= 0.6 is 0 Å². The number of ketones is 1. The first kappa shape index (κ1) is 8.53. The fourth-order valence-corrected chi connectivity index (χ4v) is 0.828. The topological polar surface area (TPSA) is 26.3 Å². The quantitative estimate of drug-likeness (QED) is 0.386. The molecule has 0 bridgehead atoms. The summed E-state index contributed by atoms with van der Waals surface area (Å²) in [5, 5.41) is 0. The predicted octanol–water partition coefficient (Wildman–Crippen LogP) is 2.03. The molecule has 0 amide bonds. The molecular weight excluding hydrogens is 152 g/mol. The zero-order valence-corrected chi connectivity index (χ0v) is 6.86. The van der Waals surface area contributed by atoms with Crippen molar-refractivity contribution >= 4 is 5.78 Å². The molecule has 0 aromatic heterocycles. The van der Waals surface area contributed by atoms with Crippen LogP contribution in [-0.2, 0) is 4.74 Å². The minimum Gasteiger partial charge on any atom is -0.504 e. The number of ether oxygens (including phenoxy) is 1. The van der Waals surface area contributed by atoms with Gasteiger partial charge in [-0.25, -0.2) is 0 Å². The van der Waals surface area contributed by atoms with Crippen LogP contribution in [0.3, 0.4) is 0 Å². The van der Waals surface area contributed by atoms with Crippen molar-refractivity contribution < 1.29 is 9.53 Å². The third-order valence-corrected chi connectivity index (χ3v) is 1.41. The van der Waals surface area contributed by atoms with E-state index >= 15 is 0 Å². The van der Waals surface area contributed by atoms with Crippen molar-refractivity contribution in [1.82, 2.24) is 0 Å². The van der Waals surface area contributed by atoms with Crippen molar-refractivity contribution in [2.24, 2.45) is 0 Å². The van der Waals surface area contributed by atoms with Crippen molar-refractivity contribution in [2.45, 2.75) is 0 Å².